The molecule has 116 valence electrons. The van der Waals surface area contributed by atoms with Gasteiger partial charge in [0.1, 0.15) is 5.00 Å². The van der Waals surface area contributed by atoms with E-state index in [4.69, 9.17) is 10.5 Å². The van der Waals surface area contributed by atoms with E-state index in [1.807, 2.05) is 0 Å². The molecule has 1 amide bonds. The van der Waals surface area contributed by atoms with Crippen LogP contribution in [0.4, 0.5) is 5.00 Å². The zero-order valence-electron chi connectivity index (χ0n) is 12.4. The number of fused-ring (bicyclic) bond motifs is 1. The number of nitrogens with two attached hydrogens (primary N) is 1. The number of hydrogen-bond acceptors (Lipinski definition) is 5. The highest BCUT2D eigenvalue weighted by Crippen LogP contribution is 2.37. The van der Waals surface area contributed by atoms with Crippen molar-refractivity contribution in [2.24, 2.45) is 5.73 Å². The molecule has 1 aliphatic carbocycles. The summed E-state index contributed by atoms with van der Waals surface area (Å²) in [6.07, 6.45) is 6.27. The molecule has 6 heteroatoms. The maximum absolute atomic E-state index is 12.1. The molecule has 0 fully saturated rings. The maximum atomic E-state index is 12.1. The first-order valence-electron chi connectivity index (χ1n) is 7.40. The van der Waals surface area contributed by atoms with Crippen molar-refractivity contribution in [3.05, 3.63) is 16.0 Å². The zero-order chi connectivity index (χ0) is 15.2. The third-order valence-corrected chi connectivity index (χ3v) is 4.88. The van der Waals surface area contributed by atoms with Gasteiger partial charge in [-0.15, -0.1) is 11.3 Å². The average Bonchev–Trinajstić information content (AvgIpc) is 2.66. The number of hydrogen-bond donors (Lipinski definition) is 2. The molecule has 0 saturated heterocycles. The fourth-order valence-corrected chi connectivity index (χ4v) is 3.89. The average molecular weight is 310 g/mol. The second kappa shape index (κ2) is 7.56. The lowest BCUT2D eigenvalue weighted by atomic mass is 10.1. The van der Waals surface area contributed by atoms with E-state index in [0.717, 1.165) is 31.2 Å². The van der Waals surface area contributed by atoms with Gasteiger partial charge < -0.3 is 15.8 Å². The van der Waals surface area contributed by atoms with Crippen LogP contribution < -0.4 is 11.1 Å². The van der Waals surface area contributed by atoms with Crippen LogP contribution in [0.1, 0.15) is 52.9 Å². The van der Waals surface area contributed by atoms with E-state index in [-0.39, 0.29) is 11.9 Å². The summed E-state index contributed by atoms with van der Waals surface area (Å²) in [4.78, 5) is 25.2. The van der Waals surface area contributed by atoms with Gasteiger partial charge in [0.05, 0.1) is 12.7 Å². The largest absolute Gasteiger partial charge is 0.465 e. The van der Waals surface area contributed by atoms with Crippen molar-refractivity contribution in [1.82, 2.24) is 0 Å². The molecule has 0 bridgehead atoms. The lowest BCUT2D eigenvalue weighted by Gasteiger charge is -2.07. The Hall–Kier alpha value is -1.40. The molecule has 21 heavy (non-hydrogen) atoms. The van der Waals surface area contributed by atoms with E-state index in [0.29, 0.717) is 30.0 Å². The van der Waals surface area contributed by atoms with Crippen LogP contribution in [0.2, 0.25) is 0 Å². The van der Waals surface area contributed by atoms with E-state index < -0.39 is 0 Å². The van der Waals surface area contributed by atoms with Crippen molar-refractivity contribution in [2.75, 3.05) is 19.0 Å². The smallest absolute Gasteiger partial charge is 0.341 e. The third-order valence-electron chi connectivity index (χ3n) is 3.67. The first-order valence-corrected chi connectivity index (χ1v) is 8.21. The number of carbonyl (C=O) groups excluding carboxylic acids is 2. The van der Waals surface area contributed by atoms with Crippen molar-refractivity contribution in [3.8, 4) is 0 Å². The lowest BCUT2D eigenvalue weighted by Crippen LogP contribution is -2.15. The Morgan fingerprint density at radius 1 is 1.29 bits per heavy atom. The van der Waals surface area contributed by atoms with Crippen molar-refractivity contribution >= 4 is 28.2 Å². The molecule has 1 aliphatic rings. The van der Waals surface area contributed by atoms with Crippen LogP contribution in [0.15, 0.2) is 0 Å². The van der Waals surface area contributed by atoms with Crippen LogP contribution >= 0.6 is 11.3 Å². The molecule has 1 aromatic rings. The topological polar surface area (TPSA) is 81.4 Å². The van der Waals surface area contributed by atoms with E-state index in [9.17, 15) is 9.59 Å². The number of ether oxygens (including phenoxy) is 1. The van der Waals surface area contributed by atoms with E-state index >= 15 is 0 Å². The van der Waals surface area contributed by atoms with Crippen LogP contribution in [0.3, 0.4) is 0 Å². The lowest BCUT2D eigenvalue weighted by molar-refractivity contribution is -0.116. The summed E-state index contributed by atoms with van der Waals surface area (Å²) in [5.41, 5.74) is 7.04. The molecule has 0 aromatic carbocycles. The van der Waals surface area contributed by atoms with E-state index in [1.54, 1.807) is 0 Å². The molecule has 1 heterocycles. The second-order valence-corrected chi connectivity index (χ2v) is 6.31. The summed E-state index contributed by atoms with van der Waals surface area (Å²) in [5, 5.41) is 3.50. The Labute approximate surface area is 128 Å². The Bertz CT molecular complexity index is 525. The van der Waals surface area contributed by atoms with Gasteiger partial charge in [-0.2, -0.15) is 0 Å². The number of anilines is 1. The fourth-order valence-electron chi connectivity index (χ4n) is 2.60. The molecule has 0 unspecified atom stereocenters. The van der Waals surface area contributed by atoms with E-state index in [2.05, 4.69) is 5.32 Å². The molecule has 5 nitrogen and oxygen atoms in total. The highest BCUT2D eigenvalue weighted by atomic mass is 32.1. The van der Waals surface area contributed by atoms with Crippen LogP contribution in [0, 0.1) is 0 Å². The van der Waals surface area contributed by atoms with Crippen molar-refractivity contribution in [3.63, 3.8) is 0 Å². The van der Waals surface area contributed by atoms with Crippen LogP contribution in [0.25, 0.3) is 0 Å². The summed E-state index contributed by atoms with van der Waals surface area (Å²) in [7, 11) is 1.38. The van der Waals surface area contributed by atoms with Crippen molar-refractivity contribution < 1.29 is 14.3 Å². The van der Waals surface area contributed by atoms with Gasteiger partial charge in [0.25, 0.3) is 0 Å². The van der Waals surface area contributed by atoms with Gasteiger partial charge in [-0.25, -0.2) is 4.79 Å². The molecule has 0 radical (unpaired) electrons. The SMILES string of the molecule is COC(=O)c1c(NC(=O)CCCN)sc2c1CCCCC2. The maximum Gasteiger partial charge on any atom is 0.341 e. The van der Waals surface area contributed by atoms with Crippen molar-refractivity contribution in [1.29, 1.82) is 0 Å². The zero-order valence-corrected chi connectivity index (χ0v) is 13.2. The Kier molecular flexibility index (Phi) is 5.76. The monoisotopic (exact) mass is 310 g/mol. The summed E-state index contributed by atoms with van der Waals surface area (Å²) >= 11 is 1.52. The van der Waals surface area contributed by atoms with Gasteiger partial charge >= 0.3 is 5.97 Å². The summed E-state index contributed by atoms with van der Waals surface area (Å²) in [6.45, 7) is 0.484. The number of rotatable bonds is 5. The third kappa shape index (κ3) is 3.83. The van der Waals surface area contributed by atoms with Crippen molar-refractivity contribution in [2.45, 2.75) is 44.9 Å². The first-order chi connectivity index (χ1) is 10.2. The van der Waals surface area contributed by atoms with Gasteiger partial charge in [0.15, 0.2) is 0 Å². The van der Waals surface area contributed by atoms with E-state index in [1.165, 1.54) is 29.7 Å². The number of aryl methyl sites for hydroxylation is 1. The van der Waals surface area contributed by atoms with Crippen LogP contribution in [-0.2, 0) is 22.4 Å². The predicted molar refractivity (Wildman–Crippen MR) is 83.8 cm³/mol. The minimum atomic E-state index is -0.358. The minimum Gasteiger partial charge on any atom is -0.465 e. The van der Waals surface area contributed by atoms with Gasteiger partial charge in [-0.05, 0) is 44.2 Å². The highest BCUT2D eigenvalue weighted by molar-refractivity contribution is 7.17. The number of methoxy groups -OCH3 is 1. The summed E-state index contributed by atoms with van der Waals surface area (Å²) < 4.78 is 4.90. The number of amides is 1. The molecule has 0 spiro atoms. The van der Waals surface area contributed by atoms with Crippen LogP contribution in [0.5, 0.6) is 0 Å². The fraction of sp³-hybridized carbons (Fsp3) is 0.600. The molecule has 0 aliphatic heterocycles. The Balaban J connectivity index is 2.27. The normalized spacial score (nSPS) is 14.2. The first kappa shape index (κ1) is 16.0. The molecule has 0 atom stereocenters. The van der Waals surface area contributed by atoms with Crippen LogP contribution in [-0.4, -0.2) is 25.5 Å². The number of esters is 1. The molecular weight excluding hydrogens is 288 g/mol. The van der Waals surface area contributed by atoms with Gasteiger partial charge in [0, 0.05) is 11.3 Å². The second-order valence-electron chi connectivity index (χ2n) is 5.20. The standard InChI is InChI=1S/C15H22N2O3S/c1-20-15(19)13-10-6-3-2-4-7-11(10)21-14(13)17-12(18)8-5-9-16/h2-9,16H2,1H3,(H,17,18). The number of carbonyl (C=O) groups is 2. The van der Waals surface area contributed by atoms with Gasteiger partial charge in [-0.3, -0.25) is 4.79 Å². The number of thiophene rings is 1. The quantitative estimate of drug-likeness (QED) is 0.646. The molecule has 3 N–H and O–H groups in total. The number of nitrogens with one attached hydrogen (secondary N) is 1. The molecular formula is C15H22N2O3S. The Morgan fingerprint density at radius 3 is 2.76 bits per heavy atom. The highest BCUT2D eigenvalue weighted by Gasteiger charge is 2.26. The molecule has 0 saturated carbocycles. The molecule has 2 rings (SSSR count). The summed E-state index contributed by atoms with van der Waals surface area (Å²) in [5.74, 6) is -0.453. The van der Waals surface area contributed by atoms with Gasteiger partial charge in [-0.1, -0.05) is 6.42 Å². The molecule has 1 aromatic heterocycles. The minimum absolute atomic E-state index is 0.0954. The van der Waals surface area contributed by atoms with Gasteiger partial charge in [0.2, 0.25) is 5.91 Å². The summed E-state index contributed by atoms with van der Waals surface area (Å²) in [6, 6.07) is 0. The Morgan fingerprint density at radius 2 is 2.05 bits per heavy atom. The predicted octanol–water partition coefficient (Wildman–Crippen LogP) is 2.48.